The summed E-state index contributed by atoms with van der Waals surface area (Å²) < 4.78 is 5.48. The maximum absolute atomic E-state index is 6.04. The fourth-order valence-electron chi connectivity index (χ4n) is 3.58. The first-order valence-electron chi connectivity index (χ1n) is 9.37. The molecule has 26 heavy (non-hydrogen) atoms. The van der Waals surface area contributed by atoms with E-state index in [0.717, 1.165) is 74.8 Å². The zero-order valence-electron chi connectivity index (χ0n) is 15.4. The Morgan fingerprint density at radius 3 is 2.54 bits per heavy atom. The lowest BCUT2D eigenvalue weighted by atomic mass is 9.91. The average Bonchev–Trinajstić information content (AvgIpc) is 2.67. The van der Waals surface area contributed by atoms with E-state index in [9.17, 15) is 0 Å². The zero-order chi connectivity index (χ0) is 18.4. The summed E-state index contributed by atoms with van der Waals surface area (Å²) in [5.74, 6) is 0. The highest BCUT2D eigenvalue weighted by atomic mass is 16.5. The van der Waals surface area contributed by atoms with Gasteiger partial charge in [-0.2, -0.15) is 0 Å². The standard InChI is InChI=1S/C20H29N5O/c1-3-22-18-13-17(25-9-11-26-12-10-25)14-19(20(18)23-4-2)24-16-7-5-15(21)6-8-16/h3-4,13-16,22H,1-2,5-12,21H2. The van der Waals surface area contributed by atoms with E-state index < -0.39 is 0 Å². The van der Waals surface area contributed by atoms with Gasteiger partial charge in [0.25, 0.3) is 0 Å². The smallest absolute Gasteiger partial charge is 0.112 e. The molecule has 0 bridgehead atoms. The van der Waals surface area contributed by atoms with E-state index in [1.54, 1.807) is 12.4 Å². The van der Waals surface area contributed by atoms with Crippen molar-refractivity contribution in [2.45, 2.75) is 37.8 Å². The first-order chi connectivity index (χ1) is 12.7. The molecular weight excluding hydrogens is 326 g/mol. The van der Waals surface area contributed by atoms with Crippen molar-refractivity contribution >= 4 is 11.4 Å². The molecule has 3 N–H and O–H groups in total. The molecule has 140 valence electrons. The quantitative estimate of drug-likeness (QED) is 0.741. The van der Waals surface area contributed by atoms with Crippen LogP contribution in [0, 0.1) is 0 Å². The number of aliphatic imine (C=N–C) groups is 2. The molecule has 0 amide bonds. The van der Waals surface area contributed by atoms with Gasteiger partial charge in [0.05, 0.1) is 30.7 Å². The Balaban J connectivity index is 1.92. The maximum Gasteiger partial charge on any atom is 0.112 e. The third kappa shape index (κ3) is 4.51. The van der Waals surface area contributed by atoms with E-state index in [1.807, 2.05) is 0 Å². The summed E-state index contributed by atoms with van der Waals surface area (Å²) in [6.07, 6.45) is 11.6. The molecule has 0 spiro atoms. The lowest BCUT2D eigenvalue weighted by Gasteiger charge is -2.32. The van der Waals surface area contributed by atoms with Crippen molar-refractivity contribution in [3.05, 3.63) is 49.1 Å². The molecule has 1 saturated heterocycles. The molecule has 0 atom stereocenters. The lowest BCUT2D eigenvalue weighted by Crippen LogP contribution is -2.38. The third-order valence-electron chi connectivity index (χ3n) is 4.99. The van der Waals surface area contributed by atoms with Crippen molar-refractivity contribution in [3.8, 4) is 0 Å². The van der Waals surface area contributed by atoms with Crippen LogP contribution in [0.3, 0.4) is 0 Å². The second-order valence-electron chi connectivity index (χ2n) is 6.82. The predicted octanol–water partition coefficient (Wildman–Crippen LogP) is 2.13. The van der Waals surface area contributed by atoms with Crippen LogP contribution in [0.1, 0.15) is 25.7 Å². The number of hydrogen-bond acceptors (Lipinski definition) is 6. The molecule has 0 aromatic rings. The van der Waals surface area contributed by atoms with Crippen molar-refractivity contribution < 1.29 is 4.74 Å². The summed E-state index contributed by atoms with van der Waals surface area (Å²) in [5.41, 5.74) is 9.78. The van der Waals surface area contributed by atoms with Crippen molar-refractivity contribution in [2.75, 3.05) is 26.3 Å². The maximum atomic E-state index is 6.04. The van der Waals surface area contributed by atoms with Crippen LogP contribution < -0.4 is 11.1 Å². The molecule has 2 fully saturated rings. The highest BCUT2D eigenvalue weighted by Crippen LogP contribution is 2.23. The minimum Gasteiger partial charge on any atom is -0.378 e. The largest absolute Gasteiger partial charge is 0.378 e. The van der Waals surface area contributed by atoms with Crippen LogP contribution in [0.2, 0.25) is 0 Å². The van der Waals surface area contributed by atoms with Crippen LogP contribution in [-0.2, 0) is 4.74 Å². The third-order valence-corrected chi connectivity index (χ3v) is 4.99. The highest BCUT2D eigenvalue weighted by molar-refractivity contribution is 6.53. The monoisotopic (exact) mass is 355 g/mol. The molecule has 3 aliphatic rings. The van der Waals surface area contributed by atoms with Crippen molar-refractivity contribution in [1.82, 2.24) is 10.2 Å². The van der Waals surface area contributed by atoms with Gasteiger partial charge in [0.1, 0.15) is 5.71 Å². The molecule has 3 rings (SSSR count). The van der Waals surface area contributed by atoms with Crippen molar-refractivity contribution in [1.29, 1.82) is 0 Å². The Kier molecular flexibility index (Phi) is 6.41. The molecular formula is C20H29N5O. The van der Waals surface area contributed by atoms with Crippen LogP contribution >= 0.6 is 0 Å². The summed E-state index contributed by atoms with van der Waals surface area (Å²) in [5, 5.41) is 3.21. The number of ether oxygens (including phenoxy) is 1. The summed E-state index contributed by atoms with van der Waals surface area (Å²) in [6, 6.07) is 0.613. The zero-order valence-corrected chi connectivity index (χ0v) is 15.4. The van der Waals surface area contributed by atoms with Crippen LogP contribution in [0.4, 0.5) is 0 Å². The fourth-order valence-corrected chi connectivity index (χ4v) is 3.58. The van der Waals surface area contributed by atoms with Gasteiger partial charge in [0, 0.05) is 31.0 Å². The molecule has 0 aromatic carbocycles. The number of morpholine rings is 1. The molecule has 1 aliphatic heterocycles. The molecule has 0 unspecified atom stereocenters. The van der Waals surface area contributed by atoms with Crippen LogP contribution in [0.25, 0.3) is 0 Å². The number of nitrogens with two attached hydrogens (primary N) is 1. The highest BCUT2D eigenvalue weighted by Gasteiger charge is 2.24. The van der Waals surface area contributed by atoms with Crippen LogP contribution in [-0.4, -0.2) is 54.7 Å². The van der Waals surface area contributed by atoms with Gasteiger partial charge in [-0.15, -0.1) is 0 Å². The Bertz CT molecular complexity index is 647. The van der Waals surface area contributed by atoms with Crippen LogP contribution in [0.5, 0.6) is 0 Å². The first kappa shape index (κ1) is 18.6. The average molecular weight is 355 g/mol. The lowest BCUT2D eigenvalue weighted by molar-refractivity contribution is 0.0554. The van der Waals surface area contributed by atoms with E-state index >= 15 is 0 Å². The molecule has 6 heteroatoms. The summed E-state index contributed by atoms with van der Waals surface area (Å²) in [6.45, 7) is 10.8. The number of nitrogens with one attached hydrogen (secondary N) is 1. The van der Waals surface area contributed by atoms with Gasteiger partial charge in [-0.05, 0) is 44.0 Å². The Morgan fingerprint density at radius 1 is 1.15 bits per heavy atom. The second kappa shape index (κ2) is 8.96. The normalized spacial score (nSPS) is 30.0. The minimum atomic E-state index is 0.296. The van der Waals surface area contributed by atoms with Crippen molar-refractivity contribution in [3.63, 3.8) is 0 Å². The van der Waals surface area contributed by atoms with Crippen LogP contribution in [0.15, 0.2) is 59.1 Å². The van der Waals surface area contributed by atoms with Gasteiger partial charge in [0.2, 0.25) is 0 Å². The van der Waals surface area contributed by atoms with Gasteiger partial charge >= 0.3 is 0 Å². The Morgan fingerprint density at radius 2 is 1.88 bits per heavy atom. The summed E-state index contributed by atoms with van der Waals surface area (Å²) in [7, 11) is 0. The first-order valence-corrected chi connectivity index (χ1v) is 9.37. The predicted molar refractivity (Wildman–Crippen MR) is 107 cm³/mol. The summed E-state index contributed by atoms with van der Waals surface area (Å²) >= 11 is 0. The Hall–Kier alpha value is -2.18. The summed E-state index contributed by atoms with van der Waals surface area (Å²) in [4.78, 5) is 11.8. The van der Waals surface area contributed by atoms with E-state index in [4.69, 9.17) is 15.5 Å². The Labute approximate surface area is 155 Å². The topological polar surface area (TPSA) is 75.2 Å². The number of allylic oxidation sites excluding steroid dienone is 3. The fraction of sp³-hybridized carbons (Fsp3) is 0.500. The van der Waals surface area contributed by atoms with E-state index in [2.05, 4.69) is 40.5 Å². The molecule has 0 aromatic heterocycles. The molecule has 2 aliphatic carbocycles. The molecule has 1 heterocycles. The van der Waals surface area contributed by atoms with E-state index in [0.29, 0.717) is 12.1 Å². The second-order valence-corrected chi connectivity index (χ2v) is 6.82. The molecule has 6 nitrogen and oxygen atoms in total. The number of rotatable bonds is 5. The van der Waals surface area contributed by atoms with E-state index in [-0.39, 0.29) is 0 Å². The SMILES string of the molecule is C=CN=C1C(NC=C)=CC(N2CCOCC2)=CC1=NC1CCC(N)CC1. The van der Waals surface area contributed by atoms with Gasteiger partial charge in [-0.1, -0.05) is 13.2 Å². The number of hydrogen-bond donors (Lipinski definition) is 2. The molecule has 0 radical (unpaired) electrons. The minimum absolute atomic E-state index is 0.296. The van der Waals surface area contributed by atoms with Gasteiger partial charge < -0.3 is 20.7 Å². The van der Waals surface area contributed by atoms with E-state index in [1.165, 1.54) is 0 Å². The van der Waals surface area contributed by atoms with Crippen molar-refractivity contribution in [2.24, 2.45) is 15.7 Å². The van der Waals surface area contributed by atoms with Gasteiger partial charge in [0.15, 0.2) is 0 Å². The molecule has 1 saturated carbocycles. The van der Waals surface area contributed by atoms with Gasteiger partial charge in [-0.3, -0.25) is 9.98 Å². The number of nitrogens with zero attached hydrogens (tertiary/aromatic N) is 3. The van der Waals surface area contributed by atoms with Gasteiger partial charge in [-0.25, -0.2) is 0 Å².